The van der Waals surface area contributed by atoms with Crippen LogP contribution >= 0.6 is 11.6 Å². The minimum atomic E-state index is -1.90. The highest BCUT2D eigenvalue weighted by Gasteiger charge is 2.36. The predicted molar refractivity (Wildman–Crippen MR) is 333 cm³/mol. The molecule has 0 fully saturated rings. The number of hydrogen-bond acceptors (Lipinski definition) is 15. The number of H-pyrrole nitrogens is 1. The molecule has 490 valence electrons. The molecular weight excluding hydrogens is 1190 g/mol. The van der Waals surface area contributed by atoms with Crippen molar-refractivity contribution in [1.82, 2.24) is 69.0 Å². The number of primary amides is 2. The molecule has 12 amide bonds. The average molecular weight is 1270 g/mol. The van der Waals surface area contributed by atoms with E-state index in [0.29, 0.717) is 34.6 Å². The van der Waals surface area contributed by atoms with Crippen LogP contribution in [-0.2, 0) is 67.2 Å². The number of amides is 12. The van der Waals surface area contributed by atoms with Gasteiger partial charge in [0.25, 0.3) is 5.91 Å². The maximum atomic E-state index is 14.2. The number of nitrogens with one attached hydrogen (secondary N) is 14. The van der Waals surface area contributed by atoms with Crippen molar-refractivity contribution in [3.8, 4) is 5.75 Å². The second kappa shape index (κ2) is 36.7. The van der Waals surface area contributed by atoms with Gasteiger partial charge in [-0.3, -0.25) is 58.8 Å². The minimum absolute atomic E-state index is 0.00139. The highest BCUT2D eigenvalue weighted by atomic mass is 35.5. The molecule has 1 aromatic heterocycles. The van der Waals surface area contributed by atoms with E-state index in [9.17, 15) is 63.0 Å². The fourth-order valence-electron chi connectivity index (χ4n) is 9.29. The Morgan fingerprint density at radius 2 is 1.13 bits per heavy atom. The van der Waals surface area contributed by atoms with Crippen molar-refractivity contribution in [3.63, 3.8) is 0 Å². The van der Waals surface area contributed by atoms with E-state index in [1.807, 2.05) is 24.3 Å². The lowest BCUT2D eigenvalue weighted by Crippen LogP contribution is -2.62. The molecule has 0 bridgehead atoms. The average Bonchev–Trinajstić information content (AvgIpc) is 1.87. The molecule has 4 aromatic rings. The van der Waals surface area contributed by atoms with Crippen molar-refractivity contribution in [1.29, 1.82) is 5.41 Å². The molecule has 0 aliphatic rings. The van der Waals surface area contributed by atoms with Crippen molar-refractivity contribution in [2.75, 3.05) is 20.1 Å². The molecule has 0 saturated carbocycles. The lowest BCUT2D eigenvalue weighted by atomic mass is 10.0. The Kier molecular flexibility index (Phi) is 29.7. The third kappa shape index (κ3) is 24.9. The fraction of sp³-hybridized carbons (Fsp3) is 0.458. The lowest BCUT2D eigenvalue weighted by Gasteiger charge is -2.28. The number of carbonyl (C=O) groups excluding carboxylic acids is 11. The first-order valence-electron chi connectivity index (χ1n) is 29.2. The van der Waals surface area contributed by atoms with Gasteiger partial charge in [0.1, 0.15) is 54.1 Å². The van der Waals surface area contributed by atoms with Gasteiger partial charge in [-0.15, -0.1) is 0 Å². The molecule has 30 nitrogen and oxygen atoms in total. The van der Waals surface area contributed by atoms with Crippen molar-refractivity contribution < 1.29 is 63.0 Å². The van der Waals surface area contributed by atoms with Crippen LogP contribution in [0.5, 0.6) is 5.75 Å². The monoisotopic (exact) mass is 1270 g/mol. The highest BCUT2D eigenvalue weighted by Crippen LogP contribution is 2.20. The first-order valence-corrected chi connectivity index (χ1v) is 29.5. The Hall–Kier alpha value is -9.55. The van der Waals surface area contributed by atoms with E-state index in [1.54, 1.807) is 20.0 Å². The topological polar surface area (TPSA) is 490 Å². The largest absolute Gasteiger partial charge is 0.508 e. The number of benzene rings is 3. The minimum Gasteiger partial charge on any atom is -0.508 e. The number of aliphatic hydroxyl groups is 1. The molecule has 0 radical (unpaired) electrons. The van der Waals surface area contributed by atoms with Crippen molar-refractivity contribution in [2.24, 2.45) is 23.1 Å². The van der Waals surface area contributed by atoms with Crippen LogP contribution in [0.2, 0.25) is 5.02 Å². The number of carbonyl (C=O) groups is 11. The third-order valence-corrected chi connectivity index (χ3v) is 14.2. The number of guanidine groups is 1. The zero-order valence-electron chi connectivity index (χ0n) is 50.8. The zero-order chi connectivity index (χ0) is 66.6. The summed E-state index contributed by atoms with van der Waals surface area (Å²) in [6.07, 6.45) is -0.309. The summed E-state index contributed by atoms with van der Waals surface area (Å²) in [7, 11) is 1.54. The van der Waals surface area contributed by atoms with Crippen LogP contribution in [0.4, 0.5) is 4.79 Å². The summed E-state index contributed by atoms with van der Waals surface area (Å²) in [5, 5.41) is 55.2. The summed E-state index contributed by atoms with van der Waals surface area (Å²) < 4.78 is 0. The summed E-state index contributed by atoms with van der Waals surface area (Å²) in [6, 6.07) is 6.33. The molecule has 22 N–H and O–H groups in total. The number of halogens is 1. The van der Waals surface area contributed by atoms with Crippen molar-refractivity contribution in [3.05, 3.63) is 101 Å². The van der Waals surface area contributed by atoms with E-state index in [1.165, 1.54) is 62.5 Å². The van der Waals surface area contributed by atoms with E-state index in [-0.39, 0.29) is 75.7 Å². The number of unbranched alkanes of at least 4 members (excludes halogenated alkanes) is 1. The van der Waals surface area contributed by atoms with Crippen LogP contribution in [0.1, 0.15) is 89.3 Å². The van der Waals surface area contributed by atoms with Gasteiger partial charge in [-0.1, -0.05) is 67.9 Å². The van der Waals surface area contributed by atoms with Crippen LogP contribution in [-0.4, -0.2) is 161 Å². The predicted octanol–water partition coefficient (Wildman–Crippen LogP) is -1.89. The number of para-hydroxylation sites is 1. The normalized spacial score (nSPS) is 14.0. The Labute approximate surface area is 525 Å². The van der Waals surface area contributed by atoms with Crippen LogP contribution in [0, 0.1) is 11.3 Å². The van der Waals surface area contributed by atoms with Crippen LogP contribution < -0.4 is 81.2 Å². The SMILES string of the molecule is CNC(=N)NCCC[C@H](NC(=O)[C@H](CC(C)C)NC(=O)NNC(=O)[C@H](Cc1ccc(Cl)cc1)NC(=O)[C@@H](NC(=O)[C@H](CC(N)=O)NC(=O)[C@H](CCCCN)NC(=O)[C@@H](Cc1ccc(O)cc1)NC(C)=O)[C@@H](C)O)C(=O)N[C@@H](Cc1c[nH]c2ccccc12)C(N)=O. The number of fused-ring (bicyclic) bond motifs is 1. The number of aromatic hydroxyl groups is 1. The Morgan fingerprint density at radius 3 is 1.70 bits per heavy atom. The number of phenols is 1. The first-order chi connectivity index (χ1) is 42.7. The number of aliphatic hydroxyl groups excluding tert-OH is 1. The van der Waals surface area contributed by atoms with E-state index >= 15 is 0 Å². The molecule has 90 heavy (non-hydrogen) atoms. The molecule has 0 aliphatic heterocycles. The second-order valence-corrected chi connectivity index (χ2v) is 22.3. The van der Waals surface area contributed by atoms with Gasteiger partial charge in [0.15, 0.2) is 5.96 Å². The Balaban J connectivity index is 1.51. The molecule has 0 saturated heterocycles. The maximum Gasteiger partial charge on any atom is 0.334 e. The molecule has 4 rings (SSSR count). The van der Waals surface area contributed by atoms with Gasteiger partial charge < -0.3 is 85.6 Å². The number of phenolic OH excluding ortho intramolecular Hbond substituents is 1. The van der Waals surface area contributed by atoms with Gasteiger partial charge >= 0.3 is 6.03 Å². The van der Waals surface area contributed by atoms with Gasteiger partial charge in [0.2, 0.25) is 53.2 Å². The van der Waals surface area contributed by atoms with Gasteiger partial charge in [-0.2, -0.15) is 0 Å². The van der Waals surface area contributed by atoms with Gasteiger partial charge in [-0.25, -0.2) is 10.2 Å². The van der Waals surface area contributed by atoms with E-state index in [2.05, 4.69) is 69.0 Å². The molecule has 3 aromatic carbocycles. The highest BCUT2D eigenvalue weighted by molar-refractivity contribution is 6.30. The van der Waals surface area contributed by atoms with Crippen LogP contribution in [0.15, 0.2) is 79.0 Å². The summed E-state index contributed by atoms with van der Waals surface area (Å²) in [6.45, 7) is 6.25. The molecule has 9 atom stereocenters. The standard InChI is InChI=1S/C59H84ClN17O13/c1-31(2)25-44(53(85)70-42(14-10-24-66-58(64)65-5)51(83)71-43(50(63)82)28-36-30-67-40-12-7-6-11-39(36)40)74-59(90)77-76-56(88)46(27-34-15-19-37(60)20-16-34)73-57(89)49(32(3)78)75-55(87)47(29-48(62)81)72-52(84)41(13-8-9-23-61)69-54(86)45(68-33(4)79)26-35-17-21-38(80)22-18-35/h6-7,11-12,15-22,30-32,41-47,49,67,78,80H,8-10,13-14,23-29,61H2,1-5H3,(H2,62,81)(H2,63,82)(H,68,79)(H,69,86)(H,70,85)(H,71,83)(H,72,84)(H,73,89)(H,75,87)(H,76,88)(H3,64,65,66)(H2,74,77,90)/t32-,41+,42+,43+,44+,45-,46+,47+,49+/m1/s1. The van der Waals surface area contributed by atoms with Crippen LogP contribution in [0.3, 0.4) is 0 Å². The number of aromatic nitrogens is 1. The first kappa shape index (κ1) is 72.9. The van der Waals surface area contributed by atoms with Crippen LogP contribution in [0.25, 0.3) is 10.9 Å². The van der Waals surface area contributed by atoms with Gasteiger partial charge in [0.05, 0.1) is 12.5 Å². The number of aromatic amines is 1. The number of nitrogens with two attached hydrogens (primary N) is 3. The molecule has 0 unspecified atom stereocenters. The maximum absolute atomic E-state index is 14.2. The molecule has 31 heteroatoms. The summed E-state index contributed by atoms with van der Waals surface area (Å²) in [5.74, 6) is -9.59. The second-order valence-electron chi connectivity index (χ2n) is 21.9. The Morgan fingerprint density at radius 1 is 0.600 bits per heavy atom. The number of urea groups is 1. The molecule has 1 heterocycles. The number of hydrogen-bond donors (Lipinski definition) is 19. The van der Waals surface area contributed by atoms with Gasteiger partial charge in [0, 0.05) is 61.9 Å². The number of hydrazine groups is 1. The molecule has 0 aliphatic carbocycles. The smallest absolute Gasteiger partial charge is 0.334 e. The van der Waals surface area contributed by atoms with Crippen molar-refractivity contribution >= 4 is 93.6 Å². The van der Waals surface area contributed by atoms with E-state index in [4.69, 9.17) is 34.2 Å². The summed E-state index contributed by atoms with van der Waals surface area (Å²) in [4.78, 5) is 152. The summed E-state index contributed by atoms with van der Waals surface area (Å²) in [5.41, 5.74) is 23.8. The quantitative estimate of drug-likeness (QED) is 0.0104. The van der Waals surface area contributed by atoms with E-state index < -0.39 is 126 Å². The van der Waals surface area contributed by atoms with E-state index in [0.717, 1.165) is 17.8 Å². The van der Waals surface area contributed by atoms with Crippen molar-refractivity contribution in [2.45, 2.75) is 146 Å². The zero-order valence-corrected chi connectivity index (χ0v) is 51.5. The van der Waals surface area contributed by atoms with Gasteiger partial charge in [-0.05, 0) is 105 Å². The summed E-state index contributed by atoms with van der Waals surface area (Å²) >= 11 is 6.13. The lowest BCUT2D eigenvalue weighted by molar-refractivity contribution is -0.137. The molecular formula is C59H84ClN17O13. The molecule has 0 spiro atoms. The fourth-order valence-corrected chi connectivity index (χ4v) is 9.42. The number of rotatable bonds is 35. The third-order valence-electron chi connectivity index (χ3n) is 14.0. The Bertz CT molecular complexity index is 3130.